The topological polar surface area (TPSA) is 9.72 Å². The van der Waals surface area contributed by atoms with Gasteiger partial charge in [0.1, 0.15) is 0 Å². The first-order valence-corrected chi connectivity index (χ1v) is 18.4. The standard InChI is InChI=1S/C13H25N.C12H23N.C10H19N.C2H6/c1-12(2)14-10-8-13(9-11-14)6-4-3-5-7-13;1-11(2)13-9-5-8-12(10-13)6-3-4-7-12;1-7(2)11-9-4-8(3)5-10(11)6-9;1-2/h12H,3-11H2,1-2H3;11H,3-10H2,1-2H3;7-10H,4-6H2,1-3H3;1-2H3. The molecule has 3 saturated carbocycles. The highest BCUT2D eigenvalue weighted by molar-refractivity contribution is 5.00. The van der Waals surface area contributed by atoms with Crippen molar-refractivity contribution >= 4 is 0 Å². The van der Waals surface area contributed by atoms with Gasteiger partial charge in [0.25, 0.3) is 0 Å². The zero-order valence-electron chi connectivity index (χ0n) is 28.9. The van der Waals surface area contributed by atoms with Gasteiger partial charge < -0.3 is 9.80 Å². The zero-order valence-corrected chi connectivity index (χ0v) is 28.9. The third-order valence-corrected chi connectivity index (χ3v) is 11.9. The van der Waals surface area contributed by atoms with Gasteiger partial charge in [0.05, 0.1) is 0 Å². The molecule has 3 aliphatic carbocycles. The lowest BCUT2D eigenvalue weighted by Gasteiger charge is -2.57. The van der Waals surface area contributed by atoms with Crippen LogP contribution in [-0.4, -0.2) is 71.1 Å². The third kappa shape index (κ3) is 9.19. The summed E-state index contributed by atoms with van der Waals surface area (Å²) in [5.74, 6) is 0.994. The number of fused-ring (bicyclic) bond motifs is 2. The van der Waals surface area contributed by atoms with Gasteiger partial charge >= 0.3 is 0 Å². The molecule has 236 valence electrons. The number of rotatable bonds is 3. The Kier molecular flexibility index (Phi) is 13.8. The molecule has 2 bridgehead atoms. The van der Waals surface area contributed by atoms with E-state index >= 15 is 0 Å². The van der Waals surface area contributed by atoms with Crippen molar-refractivity contribution in [2.24, 2.45) is 16.7 Å². The van der Waals surface area contributed by atoms with Crippen molar-refractivity contribution in [3.8, 4) is 0 Å². The maximum Gasteiger partial charge on any atom is 0.0118 e. The third-order valence-electron chi connectivity index (χ3n) is 11.9. The van der Waals surface area contributed by atoms with Gasteiger partial charge in [-0.05, 0) is 149 Å². The Morgan fingerprint density at radius 2 is 0.975 bits per heavy atom. The van der Waals surface area contributed by atoms with E-state index in [9.17, 15) is 0 Å². The lowest BCUT2D eigenvalue weighted by molar-refractivity contribution is -0.0698. The van der Waals surface area contributed by atoms with Crippen LogP contribution in [0.5, 0.6) is 0 Å². The molecule has 7 fully saturated rings. The average Bonchev–Trinajstić information content (AvgIpc) is 3.38. The fourth-order valence-corrected chi connectivity index (χ4v) is 9.56. The Balaban J connectivity index is 0.000000161. The highest BCUT2D eigenvalue weighted by Crippen LogP contribution is 2.46. The molecule has 0 aromatic rings. The summed E-state index contributed by atoms with van der Waals surface area (Å²) in [6, 6.07) is 4.20. The van der Waals surface area contributed by atoms with E-state index in [1.165, 1.54) is 129 Å². The predicted octanol–water partition coefficient (Wildman–Crippen LogP) is 9.79. The van der Waals surface area contributed by atoms with E-state index in [0.29, 0.717) is 0 Å². The van der Waals surface area contributed by atoms with Crippen LogP contribution >= 0.6 is 0 Å². The summed E-state index contributed by atoms with van der Waals surface area (Å²) in [5, 5.41) is 0. The molecule has 7 aliphatic rings. The van der Waals surface area contributed by atoms with Crippen LogP contribution in [-0.2, 0) is 0 Å². The Bertz CT molecular complexity index is 666. The average molecular weight is 560 g/mol. The number of nitrogens with zero attached hydrogens (tertiary/aromatic N) is 3. The summed E-state index contributed by atoms with van der Waals surface area (Å²) in [7, 11) is 0. The van der Waals surface area contributed by atoms with Gasteiger partial charge in [-0.3, -0.25) is 4.90 Å². The summed E-state index contributed by atoms with van der Waals surface area (Å²) in [6.07, 6.45) is 23.9. The smallest absolute Gasteiger partial charge is 0.0118 e. The molecule has 3 nitrogen and oxygen atoms in total. The molecule has 3 heteroatoms. The summed E-state index contributed by atoms with van der Waals surface area (Å²) in [5.41, 5.74) is 1.53. The van der Waals surface area contributed by atoms with Crippen LogP contribution in [0.1, 0.15) is 165 Å². The number of piperidine rings is 3. The predicted molar refractivity (Wildman–Crippen MR) is 177 cm³/mol. The first-order valence-electron chi connectivity index (χ1n) is 18.4. The van der Waals surface area contributed by atoms with Crippen molar-refractivity contribution in [2.75, 3.05) is 26.2 Å². The molecule has 0 aromatic carbocycles. The summed E-state index contributed by atoms with van der Waals surface area (Å²) in [4.78, 5) is 8.05. The van der Waals surface area contributed by atoms with E-state index in [4.69, 9.17) is 0 Å². The number of hydrogen-bond donors (Lipinski definition) is 0. The molecule has 0 aromatic heterocycles. The molecule has 4 heterocycles. The molecule has 2 spiro atoms. The van der Waals surface area contributed by atoms with Crippen LogP contribution in [0.2, 0.25) is 0 Å². The lowest BCUT2D eigenvalue weighted by Crippen LogP contribution is -2.62. The van der Waals surface area contributed by atoms with Crippen LogP contribution < -0.4 is 0 Å². The molecule has 40 heavy (non-hydrogen) atoms. The lowest BCUT2D eigenvalue weighted by atomic mass is 9.68. The van der Waals surface area contributed by atoms with Gasteiger partial charge in [0, 0.05) is 36.8 Å². The van der Waals surface area contributed by atoms with Crippen LogP contribution in [0.3, 0.4) is 0 Å². The maximum atomic E-state index is 2.71. The van der Waals surface area contributed by atoms with Crippen molar-refractivity contribution in [3.05, 3.63) is 0 Å². The van der Waals surface area contributed by atoms with Crippen molar-refractivity contribution in [3.63, 3.8) is 0 Å². The Labute approximate surface area is 252 Å². The molecule has 2 unspecified atom stereocenters. The van der Waals surface area contributed by atoms with Crippen molar-refractivity contribution < 1.29 is 0 Å². The van der Waals surface area contributed by atoms with Gasteiger partial charge in [0.2, 0.25) is 0 Å². The normalized spacial score (nSPS) is 31.6. The number of likely N-dealkylation sites (tertiary alicyclic amines) is 2. The van der Waals surface area contributed by atoms with E-state index in [1.807, 2.05) is 13.8 Å². The Morgan fingerprint density at radius 1 is 0.500 bits per heavy atom. The SMILES string of the molecule is CC.CC(C)N1CCC2(CCCCC2)CC1.CC(C)N1CCCC2(CCCC2)C1.CC1CC2CC(C1)N2C(C)C. The molecular weight excluding hydrogens is 486 g/mol. The van der Waals surface area contributed by atoms with Gasteiger partial charge in [-0.15, -0.1) is 0 Å². The summed E-state index contributed by atoms with van der Waals surface area (Å²) in [6.45, 7) is 25.9. The molecule has 0 radical (unpaired) electrons. The quantitative estimate of drug-likeness (QED) is 0.341. The van der Waals surface area contributed by atoms with Crippen LogP contribution in [0.4, 0.5) is 0 Å². The van der Waals surface area contributed by atoms with E-state index < -0.39 is 0 Å². The second kappa shape index (κ2) is 16.1. The van der Waals surface area contributed by atoms with E-state index in [2.05, 4.69) is 63.2 Å². The van der Waals surface area contributed by atoms with Crippen LogP contribution in [0.25, 0.3) is 0 Å². The van der Waals surface area contributed by atoms with E-state index in [1.54, 1.807) is 0 Å². The minimum Gasteiger partial charge on any atom is -0.301 e. The molecule has 4 aliphatic heterocycles. The van der Waals surface area contributed by atoms with Gasteiger partial charge in [-0.2, -0.15) is 0 Å². The van der Waals surface area contributed by atoms with Crippen LogP contribution in [0, 0.1) is 16.7 Å². The Hall–Kier alpha value is -0.120. The molecule has 7 rings (SSSR count). The fourth-order valence-electron chi connectivity index (χ4n) is 9.56. The highest BCUT2D eigenvalue weighted by atomic mass is 15.3. The van der Waals surface area contributed by atoms with E-state index in [-0.39, 0.29) is 0 Å². The maximum absolute atomic E-state index is 2.71. The molecular formula is C37H73N3. The first kappa shape index (κ1) is 34.4. The highest BCUT2D eigenvalue weighted by Gasteiger charge is 2.44. The zero-order chi connectivity index (χ0) is 29.3. The minimum atomic E-state index is 0.752. The molecule has 0 amide bonds. The fraction of sp³-hybridized carbons (Fsp3) is 1.00. The first-order chi connectivity index (χ1) is 19.1. The Morgan fingerprint density at radius 3 is 1.48 bits per heavy atom. The summed E-state index contributed by atoms with van der Waals surface area (Å²) >= 11 is 0. The molecule has 4 saturated heterocycles. The van der Waals surface area contributed by atoms with Gasteiger partial charge in [-0.1, -0.05) is 52.9 Å². The van der Waals surface area contributed by atoms with Crippen LogP contribution in [0.15, 0.2) is 0 Å². The largest absolute Gasteiger partial charge is 0.301 e. The van der Waals surface area contributed by atoms with Gasteiger partial charge in [0.15, 0.2) is 0 Å². The monoisotopic (exact) mass is 560 g/mol. The van der Waals surface area contributed by atoms with Crippen molar-refractivity contribution in [1.82, 2.24) is 14.7 Å². The second-order valence-corrected chi connectivity index (χ2v) is 15.7. The molecule has 2 atom stereocenters. The van der Waals surface area contributed by atoms with Gasteiger partial charge in [-0.25, -0.2) is 0 Å². The van der Waals surface area contributed by atoms with E-state index in [0.717, 1.165) is 47.0 Å². The minimum absolute atomic E-state index is 0.752. The molecule has 0 N–H and O–H groups in total. The van der Waals surface area contributed by atoms with Crippen molar-refractivity contribution in [2.45, 2.75) is 195 Å². The van der Waals surface area contributed by atoms with Crippen molar-refractivity contribution in [1.29, 1.82) is 0 Å². The summed E-state index contributed by atoms with van der Waals surface area (Å²) < 4.78 is 0. The number of hydrogen-bond acceptors (Lipinski definition) is 3. The second-order valence-electron chi connectivity index (χ2n) is 15.7.